The molecule has 1 saturated heterocycles. The molecule has 1 unspecified atom stereocenters. The number of carbonyl (C=O) groups is 1. The zero-order valence-electron chi connectivity index (χ0n) is 12.5. The van der Waals surface area contributed by atoms with Gasteiger partial charge in [0.25, 0.3) is 0 Å². The second-order valence-corrected chi connectivity index (χ2v) is 6.40. The monoisotopic (exact) mass is 292 g/mol. The second-order valence-electron chi connectivity index (χ2n) is 5.84. The van der Waals surface area contributed by atoms with Crippen LogP contribution in [0.4, 0.5) is 5.69 Å². The van der Waals surface area contributed by atoms with E-state index in [9.17, 15) is 4.79 Å². The molecular weight excluding hydrogens is 268 g/mol. The molecule has 1 aromatic carbocycles. The van der Waals surface area contributed by atoms with Crippen LogP contribution in [-0.4, -0.2) is 42.2 Å². The van der Waals surface area contributed by atoms with Crippen LogP contribution in [0.1, 0.15) is 19.4 Å². The number of nitrogens with zero attached hydrogens (tertiary/aromatic N) is 2. The average Bonchev–Trinajstić information content (AvgIpc) is 2.46. The van der Waals surface area contributed by atoms with Crippen molar-refractivity contribution in [1.82, 2.24) is 4.90 Å². The summed E-state index contributed by atoms with van der Waals surface area (Å²) in [6.45, 7) is 9.56. The second kappa shape index (κ2) is 6.53. The fourth-order valence-electron chi connectivity index (χ4n) is 2.48. The number of hydrogen-bond acceptors (Lipinski definition) is 3. The Kier molecular flexibility index (Phi) is 4.97. The van der Waals surface area contributed by atoms with Crippen molar-refractivity contribution in [1.29, 1.82) is 0 Å². The van der Waals surface area contributed by atoms with E-state index in [0.717, 1.165) is 26.2 Å². The van der Waals surface area contributed by atoms with Crippen LogP contribution in [0.25, 0.3) is 0 Å². The quantitative estimate of drug-likeness (QED) is 0.866. The van der Waals surface area contributed by atoms with Crippen molar-refractivity contribution in [2.75, 3.05) is 31.1 Å². The van der Waals surface area contributed by atoms with Crippen molar-refractivity contribution in [3.05, 3.63) is 29.8 Å². The molecule has 0 aromatic heterocycles. The maximum atomic E-state index is 12.3. The number of carbonyl (C=O) groups excluding carboxylic acids is 1. The van der Waals surface area contributed by atoms with E-state index in [4.69, 9.17) is 0 Å². The highest BCUT2D eigenvalue weighted by Crippen LogP contribution is 2.19. The van der Waals surface area contributed by atoms with Crippen LogP contribution < -0.4 is 4.90 Å². The molecule has 1 heterocycles. The van der Waals surface area contributed by atoms with E-state index in [-0.39, 0.29) is 17.1 Å². The minimum atomic E-state index is -0.180. The highest BCUT2D eigenvalue weighted by Gasteiger charge is 2.27. The molecule has 0 bridgehead atoms. The lowest BCUT2D eigenvalue weighted by Gasteiger charge is -2.37. The van der Waals surface area contributed by atoms with E-state index < -0.39 is 0 Å². The zero-order chi connectivity index (χ0) is 14.7. The average molecular weight is 292 g/mol. The zero-order valence-corrected chi connectivity index (χ0v) is 13.4. The minimum absolute atomic E-state index is 0.173. The van der Waals surface area contributed by atoms with Crippen LogP contribution in [0.15, 0.2) is 24.3 Å². The molecule has 0 spiro atoms. The van der Waals surface area contributed by atoms with E-state index >= 15 is 0 Å². The highest BCUT2D eigenvalue weighted by molar-refractivity contribution is 7.81. The van der Waals surface area contributed by atoms with Crippen LogP contribution in [0.5, 0.6) is 0 Å². The maximum absolute atomic E-state index is 12.3. The molecule has 1 aliphatic rings. The molecule has 0 N–H and O–H groups in total. The largest absolute Gasteiger partial charge is 0.368 e. The SMILES string of the molecule is Cc1cccc(N2CCN(C(=O)C(S)C(C)C)CC2)c1. The summed E-state index contributed by atoms with van der Waals surface area (Å²) >= 11 is 4.43. The van der Waals surface area contributed by atoms with Crippen LogP contribution in [0.2, 0.25) is 0 Å². The summed E-state index contributed by atoms with van der Waals surface area (Å²) in [7, 11) is 0. The number of rotatable bonds is 3. The first-order chi connectivity index (χ1) is 9.49. The first-order valence-electron chi connectivity index (χ1n) is 7.27. The first-order valence-corrected chi connectivity index (χ1v) is 7.79. The Balaban J connectivity index is 1.94. The predicted molar refractivity (Wildman–Crippen MR) is 87.6 cm³/mol. The van der Waals surface area contributed by atoms with Gasteiger partial charge in [-0.2, -0.15) is 12.6 Å². The summed E-state index contributed by atoms with van der Waals surface area (Å²) in [5, 5.41) is -0.180. The molecule has 1 amide bonds. The third kappa shape index (κ3) is 3.48. The van der Waals surface area contributed by atoms with Gasteiger partial charge in [0.15, 0.2) is 0 Å². The van der Waals surface area contributed by atoms with Crippen molar-refractivity contribution >= 4 is 24.2 Å². The number of aryl methyl sites for hydroxylation is 1. The van der Waals surface area contributed by atoms with Gasteiger partial charge in [-0.1, -0.05) is 26.0 Å². The number of amides is 1. The van der Waals surface area contributed by atoms with E-state index in [1.807, 2.05) is 18.7 Å². The third-order valence-electron chi connectivity index (χ3n) is 3.84. The van der Waals surface area contributed by atoms with E-state index in [2.05, 4.69) is 48.7 Å². The van der Waals surface area contributed by atoms with E-state index in [0.29, 0.717) is 0 Å². The Morgan fingerprint density at radius 1 is 1.20 bits per heavy atom. The Morgan fingerprint density at radius 2 is 1.85 bits per heavy atom. The van der Waals surface area contributed by atoms with Crippen molar-refractivity contribution < 1.29 is 4.79 Å². The predicted octanol–water partition coefficient (Wildman–Crippen LogP) is 2.60. The van der Waals surface area contributed by atoms with Gasteiger partial charge in [-0.05, 0) is 30.5 Å². The Hall–Kier alpha value is -1.16. The van der Waals surface area contributed by atoms with Crippen LogP contribution in [-0.2, 0) is 4.79 Å². The molecule has 1 atom stereocenters. The van der Waals surface area contributed by atoms with Crippen LogP contribution in [0, 0.1) is 12.8 Å². The fraction of sp³-hybridized carbons (Fsp3) is 0.562. The molecule has 0 saturated carbocycles. The minimum Gasteiger partial charge on any atom is -0.368 e. The summed E-state index contributed by atoms with van der Waals surface area (Å²) in [4.78, 5) is 16.6. The number of piperazine rings is 1. The number of benzene rings is 1. The number of thiol groups is 1. The summed E-state index contributed by atoms with van der Waals surface area (Å²) in [5.74, 6) is 0.452. The van der Waals surface area contributed by atoms with E-state index in [1.165, 1.54) is 11.3 Å². The molecule has 0 aliphatic carbocycles. The van der Waals surface area contributed by atoms with Gasteiger partial charge in [-0.15, -0.1) is 0 Å². The smallest absolute Gasteiger partial charge is 0.235 e. The Morgan fingerprint density at radius 3 is 2.40 bits per heavy atom. The number of hydrogen-bond donors (Lipinski definition) is 1. The van der Waals surface area contributed by atoms with Gasteiger partial charge in [0.1, 0.15) is 0 Å². The fourth-order valence-corrected chi connectivity index (χ4v) is 2.65. The molecule has 1 aromatic rings. The Bertz CT molecular complexity index is 467. The third-order valence-corrected chi connectivity index (χ3v) is 4.66. The van der Waals surface area contributed by atoms with Gasteiger partial charge in [0.2, 0.25) is 5.91 Å². The molecule has 1 aliphatic heterocycles. The normalized spacial score (nSPS) is 17.4. The standard InChI is InChI=1S/C16H24N2OS/c1-12(2)15(20)16(19)18-9-7-17(8-10-18)14-6-4-5-13(3)11-14/h4-6,11-12,15,20H,7-10H2,1-3H3. The first kappa shape index (κ1) is 15.2. The van der Waals surface area contributed by atoms with Crippen LogP contribution >= 0.6 is 12.6 Å². The lowest BCUT2D eigenvalue weighted by molar-refractivity contribution is -0.131. The highest BCUT2D eigenvalue weighted by atomic mass is 32.1. The Labute approximate surface area is 127 Å². The van der Waals surface area contributed by atoms with Gasteiger partial charge >= 0.3 is 0 Å². The van der Waals surface area contributed by atoms with Crippen molar-refractivity contribution in [2.45, 2.75) is 26.0 Å². The van der Waals surface area contributed by atoms with Gasteiger partial charge in [-0.3, -0.25) is 4.79 Å². The van der Waals surface area contributed by atoms with Crippen molar-refractivity contribution in [3.63, 3.8) is 0 Å². The van der Waals surface area contributed by atoms with Gasteiger partial charge in [0.05, 0.1) is 5.25 Å². The lowest BCUT2D eigenvalue weighted by Crippen LogP contribution is -2.51. The summed E-state index contributed by atoms with van der Waals surface area (Å²) in [6, 6.07) is 8.54. The molecule has 4 heteroatoms. The van der Waals surface area contributed by atoms with Crippen molar-refractivity contribution in [2.24, 2.45) is 5.92 Å². The van der Waals surface area contributed by atoms with Gasteiger partial charge in [0, 0.05) is 31.9 Å². The summed E-state index contributed by atoms with van der Waals surface area (Å²) < 4.78 is 0. The molecule has 1 fully saturated rings. The molecule has 110 valence electrons. The topological polar surface area (TPSA) is 23.6 Å². The summed E-state index contributed by atoms with van der Waals surface area (Å²) in [5.41, 5.74) is 2.53. The maximum Gasteiger partial charge on any atom is 0.235 e. The van der Waals surface area contributed by atoms with Crippen LogP contribution in [0.3, 0.4) is 0 Å². The van der Waals surface area contributed by atoms with Crippen molar-refractivity contribution in [3.8, 4) is 0 Å². The number of anilines is 1. The lowest BCUT2D eigenvalue weighted by atomic mass is 10.1. The van der Waals surface area contributed by atoms with Gasteiger partial charge in [-0.25, -0.2) is 0 Å². The van der Waals surface area contributed by atoms with E-state index in [1.54, 1.807) is 0 Å². The molecule has 2 rings (SSSR count). The molecule has 0 radical (unpaired) electrons. The molecule has 20 heavy (non-hydrogen) atoms. The van der Waals surface area contributed by atoms with Gasteiger partial charge < -0.3 is 9.80 Å². The summed E-state index contributed by atoms with van der Waals surface area (Å²) in [6.07, 6.45) is 0. The molecule has 3 nitrogen and oxygen atoms in total. The molecular formula is C16H24N2OS.